The molecule has 0 bridgehead atoms. The second-order valence-corrected chi connectivity index (χ2v) is 10.1. The van der Waals surface area contributed by atoms with E-state index in [0.717, 1.165) is 31.0 Å². The molecule has 1 aliphatic rings. The molecule has 31 heavy (non-hydrogen) atoms. The molecule has 1 saturated heterocycles. The van der Waals surface area contributed by atoms with Gasteiger partial charge in [0.15, 0.2) is 0 Å². The van der Waals surface area contributed by atoms with Gasteiger partial charge < -0.3 is 5.32 Å². The zero-order valence-corrected chi connectivity index (χ0v) is 19.1. The van der Waals surface area contributed by atoms with Crippen molar-refractivity contribution in [2.45, 2.75) is 37.6 Å². The fourth-order valence-electron chi connectivity index (χ4n) is 3.64. The minimum atomic E-state index is -3.57. The monoisotopic (exact) mass is 467 g/mol. The van der Waals surface area contributed by atoms with Crippen molar-refractivity contribution in [3.63, 3.8) is 0 Å². The molecule has 1 aliphatic heterocycles. The molecule has 0 spiro atoms. The molecule has 0 aromatic heterocycles. The number of hydrogen-bond acceptors (Lipinski definition) is 4. The van der Waals surface area contributed by atoms with Crippen molar-refractivity contribution in [1.82, 2.24) is 9.62 Å². The molecule has 168 valence electrons. The van der Waals surface area contributed by atoms with Crippen molar-refractivity contribution < 1.29 is 17.6 Å². The molecule has 9 heteroatoms. The quantitative estimate of drug-likeness (QED) is 0.649. The van der Waals surface area contributed by atoms with Gasteiger partial charge in [0.25, 0.3) is 0 Å². The van der Waals surface area contributed by atoms with E-state index in [0.29, 0.717) is 18.8 Å². The minimum Gasteiger partial charge on any atom is -0.323 e. The number of sulfonamides is 1. The molecule has 2 unspecified atom stereocenters. The fraction of sp³-hybridized carbons (Fsp3) is 0.409. The van der Waals surface area contributed by atoms with Gasteiger partial charge in [0, 0.05) is 13.1 Å². The van der Waals surface area contributed by atoms with Gasteiger partial charge in [-0.25, -0.2) is 17.5 Å². The van der Waals surface area contributed by atoms with Gasteiger partial charge in [0.05, 0.1) is 21.6 Å². The summed E-state index contributed by atoms with van der Waals surface area (Å²) in [4.78, 5) is 14.9. The maximum Gasteiger partial charge on any atom is 0.241 e. The summed E-state index contributed by atoms with van der Waals surface area (Å²) in [5, 5.41) is 2.88. The molecule has 1 fully saturated rings. The normalized spacial score (nSPS) is 18.5. The van der Waals surface area contributed by atoms with Crippen LogP contribution in [-0.2, 0) is 14.8 Å². The smallest absolute Gasteiger partial charge is 0.241 e. The third kappa shape index (κ3) is 6.26. The van der Waals surface area contributed by atoms with Crippen LogP contribution in [-0.4, -0.2) is 44.9 Å². The number of halogens is 2. The molecule has 6 nitrogen and oxygen atoms in total. The molecule has 3 rings (SSSR count). The highest BCUT2D eigenvalue weighted by molar-refractivity contribution is 7.89. The zero-order chi connectivity index (χ0) is 22.6. The highest BCUT2D eigenvalue weighted by atomic mass is 35.5. The van der Waals surface area contributed by atoms with Crippen LogP contribution in [0.3, 0.4) is 0 Å². The van der Waals surface area contributed by atoms with Crippen LogP contribution in [0.2, 0.25) is 5.02 Å². The third-order valence-corrected chi connectivity index (χ3v) is 7.31. The molecule has 0 saturated carbocycles. The van der Waals surface area contributed by atoms with E-state index >= 15 is 0 Å². The Morgan fingerprint density at radius 2 is 1.97 bits per heavy atom. The summed E-state index contributed by atoms with van der Waals surface area (Å²) >= 11 is 6.00. The van der Waals surface area contributed by atoms with Crippen LogP contribution in [0.1, 0.15) is 25.3 Å². The standard InChI is InChI=1S/C22H27ClFN3O3S/c1-15-5-8-19(9-6-15)31(29,30)25-13-17-4-3-11-27(14-17)16(2)22(28)26-21-10-7-18(24)12-20(21)23/h5-10,12,16-17,25H,3-4,11,13-14H2,1-2H3,(H,26,28). The number of hydrogen-bond donors (Lipinski definition) is 2. The van der Waals surface area contributed by atoms with Crippen molar-refractivity contribution in [3.8, 4) is 0 Å². The number of likely N-dealkylation sites (tertiary alicyclic amines) is 1. The van der Waals surface area contributed by atoms with E-state index in [9.17, 15) is 17.6 Å². The van der Waals surface area contributed by atoms with Gasteiger partial charge in [0.2, 0.25) is 15.9 Å². The Balaban J connectivity index is 1.56. The van der Waals surface area contributed by atoms with Gasteiger partial charge >= 0.3 is 0 Å². The van der Waals surface area contributed by atoms with Crippen molar-refractivity contribution in [2.75, 3.05) is 25.0 Å². The van der Waals surface area contributed by atoms with E-state index in [1.165, 1.54) is 12.1 Å². The Kier molecular flexibility index (Phi) is 7.69. The first-order valence-electron chi connectivity index (χ1n) is 10.2. The Hall–Kier alpha value is -2.00. The molecule has 1 amide bonds. The van der Waals surface area contributed by atoms with Crippen LogP contribution in [0.25, 0.3) is 0 Å². The van der Waals surface area contributed by atoms with E-state index in [1.807, 2.05) is 11.8 Å². The molecule has 2 atom stereocenters. The predicted octanol–water partition coefficient (Wildman–Crippen LogP) is 3.81. The number of rotatable bonds is 7. The first kappa shape index (κ1) is 23.7. The Morgan fingerprint density at radius 1 is 1.26 bits per heavy atom. The second-order valence-electron chi connectivity index (χ2n) is 7.96. The highest BCUT2D eigenvalue weighted by Gasteiger charge is 2.28. The summed E-state index contributed by atoms with van der Waals surface area (Å²) in [6, 6.07) is 10.1. The number of aryl methyl sites for hydroxylation is 1. The molecular weight excluding hydrogens is 441 g/mol. The van der Waals surface area contributed by atoms with Crippen LogP contribution in [0.15, 0.2) is 47.4 Å². The number of carbonyl (C=O) groups is 1. The van der Waals surface area contributed by atoms with Gasteiger partial charge in [-0.1, -0.05) is 29.3 Å². The average molecular weight is 468 g/mol. The number of piperidine rings is 1. The summed E-state index contributed by atoms with van der Waals surface area (Å²) in [6.07, 6.45) is 1.75. The Morgan fingerprint density at radius 3 is 2.65 bits per heavy atom. The lowest BCUT2D eigenvalue weighted by atomic mass is 9.97. The molecule has 0 aliphatic carbocycles. The van der Waals surface area contributed by atoms with Crippen LogP contribution in [0, 0.1) is 18.7 Å². The SMILES string of the molecule is Cc1ccc(S(=O)(=O)NCC2CCCN(C(C)C(=O)Nc3ccc(F)cc3Cl)C2)cc1. The van der Waals surface area contributed by atoms with Crippen molar-refractivity contribution in [3.05, 3.63) is 58.9 Å². The maximum atomic E-state index is 13.2. The van der Waals surface area contributed by atoms with E-state index in [2.05, 4.69) is 10.0 Å². The first-order valence-corrected chi connectivity index (χ1v) is 12.1. The lowest BCUT2D eigenvalue weighted by molar-refractivity contribution is -0.121. The Bertz CT molecular complexity index is 1030. The number of anilines is 1. The molecular formula is C22H27ClFN3O3S. The van der Waals surface area contributed by atoms with Crippen LogP contribution < -0.4 is 10.0 Å². The number of carbonyl (C=O) groups excluding carboxylic acids is 1. The van der Waals surface area contributed by atoms with Crippen LogP contribution in [0.4, 0.5) is 10.1 Å². The number of benzene rings is 2. The van der Waals surface area contributed by atoms with E-state index in [1.54, 1.807) is 31.2 Å². The summed E-state index contributed by atoms with van der Waals surface area (Å²) in [7, 11) is -3.57. The van der Waals surface area contributed by atoms with Gasteiger partial charge in [-0.2, -0.15) is 0 Å². The summed E-state index contributed by atoms with van der Waals surface area (Å²) in [6.45, 7) is 5.35. The van der Waals surface area contributed by atoms with E-state index in [-0.39, 0.29) is 21.7 Å². The second kappa shape index (κ2) is 10.1. The summed E-state index contributed by atoms with van der Waals surface area (Å²) in [5.74, 6) is -0.615. The van der Waals surface area contributed by atoms with Crippen molar-refractivity contribution in [2.24, 2.45) is 5.92 Å². The molecule has 0 radical (unpaired) electrons. The first-order chi connectivity index (χ1) is 14.7. The molecule has 1 heterocycles. The van der Waals surface area contributed by atoms with Gasteiger partial charge in [-0.05, 0) is 69.5 Å². The molecule has 2 aromatic carbocycles. The topological polar surface area (TPSA) is 78.5 Å². The fourth-order valence-corrected chi connectivity index (χ4v) is 4.97. The average Bonchev–Trinajstić information content (AvgIpc) is 2.74. The maximum absolute atomic E-state index is 13.2. The van der Waals surface area contributed by atoms with Crippen molar-refractivity contribution in [1.29, 1.82) is 0 Å². The summed E-state index contributed by atoms with van der Waals surface area (Å²) < 4.78 is 41.0. The highest BCUT2D eigenvalue weighted by Crippen LogP contribution is 2.24. The van der Waals surface area contributed by atoms with Gasteiger partial charge in [0.1, 0.15) is 5.82 Å². The van der Waals surface area contributed by atoms with E-state index < -0.39 is 21.9 Å². The van der Waals surface area contributed by atoms with Gasteiger partial charge in [-0.3, -0.25) is 9.69 Å². The molecule has 2 N–H and O–H groups in total. The van der Waals surface area contributed by atoms with Crippen molar-refractivity contribution >= 4 is 33.2 Å². The number of amides is 1. The predicted molar refractivity (Wildman–Crippen MR) is 120 cm³/mol. The third-order valence-electron chi connectivity index (χ3n) is 5.56. The lowest BCUT2D eigenvalue weighted by Crippen LogP contribution is -2.49. The van der Waals surface area contributed by atoms with E-state index in [4.69, 9.17) is 11.6 Å². The van der Waals surface area contributed by atoms with Gasteiger partial charge in [-0.15, -0.1) is 0 Å². The summed E-state index contributed by atoms with van der Waals surface area (Å²) in [5.41, 5.74) is 1.36. The number of nitrogens with one attached hydrogen (secondary N) is 2. The minimum absolute atomic E-state index is 0.0960. The zero-order valence-electron chi connectivity index (χ0n) is 17.6. The lowest BCUT2D eigenvalue weighted by Gasteiger charge is -2.36. The largest absolute Gasteiger partial charge is 0.323 e. The van der Waals surface area contributed by atoms with Crippen LogP contribution in [0.5, 0.6) is 0 Å². The Labute approximate surface area is 187 Å². The van der Waals surface area contributed by atoms with Crippen LogP contribution >= 0.6 is 11.6 Å². The molecule has 2 aromatic rings. The number of nitrogens with zero attached hydrogens (tertiary/aromatic N) is 1.